The highest BCUT2D eigenvalue weighted by Crippen LogP contribution is 2.24. The van der Waals surface area contributed by atoms with Gasteiger partial charge in [0.25, 0.3) is 5.91 Å². The van der Waals surface area contributed by atoms with Crippen molar-refractivity contribution < 1.29 is 9.53 Å². The molecular formula is C13H17BrN2O2. The van der Waals surface area contributed by atoms with Crippen molar-refractivity contribution in [3.05, 3.63) is 28.2 Å². The second kappa shape index (κ2) is 6.20. The molecule has 18 heavy (non-hydrogen) atoms. The van der Waals surface area contributed by atoms with Crippen molar-refractivity contribution in [2.75, 3.05) is 19.7 Å². The van der Waals surface area contributed by atoms with E-state index < -0.39 is 5.91 Å². The molecule has 0 aliphatic carbocycles. The molecule has 1 unspecified atom stereocenters. The molecule has 0 radical (unpaired) electrons. The standard InChI is InChI=1S/C13H17BrN2O2/c14-10-3-4-11(13(15)17)12(6-10)18-8-9-2-1-5-16-7-9/h3-4,6,9,16H,1-2,5,7-8H2,(H2,15,17). The van der Waals surface area contributed by atoms with Crippen LogP contribution in [-0.2, 0) is 0 Å². The summed E-state index contributed by atoms with van der Waals surface area (Å²) < 4.78 is 6.63. The second-order valence-electron chi connectivity index (χ2n) is 4.53. The van der Waals surface area contributed by atoms with Crippen molar-refractivity contribution >= 4 is 21.8 Å². The largest absolute Gasteiger partial charge is 0.492 e. The number of hydrogen-bond donors (Lipinski definition) is 2. The first-order valence-electron chi connectivity index (χ1n) is 6.09. The molecule has 1 aliphatic rings. The van der Waals surface area contributed by atoms with Gasteiger partial charge in [0.2, 0.25) is 0 Å². The van der Waals surface area contributed by atoms with Gasteiger partial charge in [0.05, 0.1) is 12.2 Å². The summed E-state index contributed by atoms with van der Waals surface area (Å²) in [4.78, 5) is 11.3. The van der Waals surface area contributed by atoms with E-state index in [9.17, 15) is 4.79 Å². The van der Waals surface area contributed by atoms with Gasteiger partial charge in [0, 0.05) is 16.9 Å². The fourth-order valence-corrected chi connectivity index (χ4v) is 2.43. The van der Waals surface area contributed by atoms with Crippen LogP contribution >= 0.6 is 15.9 Å². The Kier molecular flexibility index (Phi) is 4.60. The van der Waals surface area contributed by atoms with E-state index in [-0.39, 0.29) is 0 Å². The monoisotopic (exact) mass is 312 g/mol. The van der Waals surface area contributed by atoms with Gasteiger partial charge >= 0.3 is 0 Å². The van der Waals surface area contributed by atoms with Crippen LogP contribution in [0.5, 0.6) is 5.75 Å². The number of ether oxygens (including phenoxy) is 1. The third-order valence-corrected chi connectivity index (χ3v) is 3.58. The van der Waals surface area contributed by atoms with E-state index >= 15 is 0 Å². The number of rotatable bonds is 4. The first kappa shape index (κ1) is 13.4. The number of piperidine rings is 1. The highest BCUT2D eigenvalue weighted by Gasteiger charge is 2.16. The van der Waals surface area contributed by atoms with E-state index in [2.05, 4.69) is 21.2 Å². The summed E-state index contributed by atoms with van der Waals surface area (Å²) in [7, 11) is 0. The van der Waals surface area contributed by atoms with Crippen LogP contribution in [0.4, 0.5) is 0 Å². The molecule has 3 N–H and O–H groups in total. The normalized spacial score (nSPS) is 19.5. The molecule has 4 nitrogen and oxygen atoms in total. The van der Waals surface area contributed by atoms with Crippen LogP contribution in [0.25, 0.3) is 0 Å². The number of nitrogens with two attached hydrogens (primary N) is 1. The van der Waals surface area contributed by atoms with Crippen molar-refractivity contribution in [2.45, 2.75) is 12.8 Å². The number of benzene rings is 1. The molecule has 1 aromatic rings. The Labute approximate surface area is 115 Å². The van der Waals surface area contributed by atoms with Gasteiger partial charge in [0.15, 0.2) is 0 Å². The number of primary amides is 1. The van der Waals surface area contributed by atoms with Crippen molar-refractivity contribution in [3.8, 4) is 5.75 Å². The van der Waals surface area contributed by atoms with E-state index in [0.29, 0.717) is 23.8 Å². The minimum atomic E-state index is -0.459. The molecule has 5 heteroatoms. The Hall–Kier alpha value is -1.07. The lowest BCUT2D eigenvalue weighted by Crippen LogP contribution is -2.33. The van der Waals surface area contributed by atoms with Crippen LogP contribution in [0, 0.1) is 5.92 Å². The first-order chi connectivity index (χ1) is 8.66. The Morgan fingerprint density at radius 1 is 1.56 bits per heavy atom. The maximum absolute atomic E-state index is 11.3. The second-order valence-corrected chi connectivity index (χ2v) is 5.44. The number of amides is 1. The lowest BCUT2D eigenvalue weighted by Gasteiger charge is -2.23. The van der Waals surface area contributed by atoms with Crippen LogP contribution in [-0.4, -0.2) is 25.6 Å². The molecule has 1 saturated heterocycles. The smallest absolute Gasteiger partial charge is 0.252 e. The van der Waals surface area contributed by atoms with Gasteiger partial charge in [-0.15, -0.1) is 0 Å². The molecule has 0 spiro atoms. The summed E-state index contributed by atoms with van der Waals surface area (Å²) in [6.07, 6.45) is 2.34. The Bertz CT molecular complexity index is 431. The van der Waals surface area contributed by atoms with Crippen LogP contribution in [0.15, 0.2) is 22.7 Å². The number of carbonyl (C=O) groups excluding carboxylic acids is 1. The average molecular weight is 313 g/mol. The zero-order valence-electron chi connectivity index (χ0n) is 10.1. The molecule has 0 aromatic heterocycles. The van der Waals surface area contributed by atoms with Crippen molar-refractivity contribution in [3.63, 3.8) is 0 Å². The third-order valence-electron chi connectivity index (χ3n) is 3.08. The summed E-state index contributed by atoms with van der Waals surface area (Å²) >= 11 is 3.37. The summed E-state index contributed by atoms with van der Waals surface area (Å²) in [5, 5.41) is 3.34. The van der Waals surface area contributed by atoms with E-state index in [1.165, 1.54) is 6.42 Å². The van der Waals surface area contributed by atoms with Crippen LogP contribution in [0.1, 0.15) is 23.2 Å². The van der Waals surface area contributed by atoms with Crippen molar-refractivity contribution in [1.29, 1.82) is 0 Å². The van der Waals surface area contributed by atoms with Crippen molar-refractivity contribution in [2.24, 2.45) is 11.7 Å². The van der Waals surface area contributed by atoms with Gasteiger partial charge in [-0.1, -0.05) is 15.9 Å². The maximum atomic E-state index is 11.3. The predicted octanol–water partition coefficient (Wildman–Crippen LogP) is 1.93. The molecule has 0 saturated carbocycles. The van der Waals surface area contributed by atoms with Gasteiger partial charge in [-0.3, -0.25) is 4.79 Å². The molecule has 1 amide bonds. The minimum Gasteiger partial charge on any atom is -0.492 e. The lowest BCUT2D eigenvalue weighted by atomic mass is 10.0. The molecule has 1 atom stereocenters. The Morgan fingerprint density at radius 3 is 3.06 bits per heavy atom. The number of hydrogen-bond acceptors (Lipinski definition) is 3. The van der Waals surface area contributed by atoms with E-state index in [4.69, 9.17) is 10.5 Å². The summed E-state index contributed by atoms with van der Waals surface area (Å²) in [5.74, 6) is 0.597. The van der Waals surface area contributed by atoms with Gasteiger partial charge < -0.3 is 15.8 Å². The van der Waals surface area contributed by atoms with Gasteiger partial charge in [-0.05, 0) is 37.6 Å². The topological polar surface area (TPSA) is 64.4 Å². The fraction of sp³-hybridized carbons (Fsp3) is 0.462. The SMILES string of the molecule is NC(=O)c1ccc(Br)cc1OCC1CCCNC1. The predicted molar refractivity (Wildman–Crippen MR) is 73.7 cm³/mol. The van der Waals surface area contributed by atoms with Crippen LogP contribution < -0.4 is 15.8 Å². The fourth-order valence-electron chi connectivity index (χ4n) is 2.09. The summed E-state index contributed by atoms with van der Waals surface area (Å²) in [5.41, 5.74) is 5.76. The molecule has 1 heterocycles. The van der Waals surface area contributed by atoms with Crippen LogP contribution in [0.3, 0.4) is 0 Å². The van der Waals surface area contributed by atoms with Gasteiger partial charge in [-0.25, -0.2) is 0 Å². The Balaban J connectivity index is 2.03. The highest BCUT2D eigenvalue weighted by atomic mass is 79.9. The Morgan fingerprint density at radius 2 is 2.39 bits per heavy atom. The average Bonchev–Trinajstić information content (AvgIpc) is 2.37. The third kappa shape index (κ3) is 3.46. The maximum Gasteiger partial charge on any atom is 0.252 e. The molecule has 1 aliphatic heterocycles. The number of halogens is 1. The van der Waals surface area contributed by atoms with E-state index in [1.54, 1.807) is 18.2 Å². The molecule has 1 aromatic carbocycles. The van der Waals surface area contributed by atoms with Gasteiger partial charge in [-0.2, -0.15) is 0 Å². The molecule has 0 bridgehead atoms. The lowest BCUT2D eigenvalue weighted by molar-refractivity contribution is 0.0995. The van der Waals surface area contributed by atoms with Gasteiger partial charge in [0.1, 0.15) is 5.75 Å². The summed E-state index contributed by atoms with van der Waals surface area (Å²) in [6.45, 7) is 2.67. The highest BCUT2D eigenvalue weighted by molar-refractivity contribution is 9.10. The first-order valence-corrected chi connectivity index (χ1v) is 6.89. The zero-order valence-corrected chi connectivity index (χ0v) is 11.7. The quantitative estimate of drug-likeness (QED) is 0.893. The molecule has 98 valence electrons. The number of nitrogens with one attached hydrogen (secondary N) is 1. The van der Waals surface area contributed by atoms with E-state index in [0.717, 1.165) is 24.0 Å². The molecule has 1 fully saturated rings. The van der Waals surface area contributed by atoms with E-state index in [1.807, 2.05) is 0 Å². The zero-order chi connectivity index (χ0) is 13.0. The van der Waals surface area contributed by atoms with Crippen LogP contribution in [0.2, 0.25) is 0 Å². The summed E-state index contributed by atoms with van der Waals surface area (Å²) in [6, 6.07) is 5.26. The minimum absolute atomic E-state index is 0.432. The molecular weight excluding hydrogens is 296 g/mol. The molecule has 2 rings (SSSR count). The number of carbonyl (C=O) groups is 1. The van der Waals surface area contributed by atoms with Crippen molar-refractivity contribution in [1.82, 2.24) is 5.32 Å².